The Morgan fingerprint density at radius 3 is 2.58 bits per heavy atom. The zero-order chi connectivity index (χ0) is 17.1. The van der Waals surface area contributed by atoms with E-state index in [-0.39, 0.29) is 12.4 Å². The van der Waals surface area contributed by atoms with Gasteiger partial charge < -0.3 is 4.98 Å². The van der Waals surface area contributed by atoms with Gasteiger partial charge in [-0.1, -0.05) is 72.8 Å². The molecule has 0 bridgehead atoms. The van der Waals surface area contributed by atoms with Crippen LogP contribution in [0.5, 0.6) is 0 Å². The summed E-state index contributed by atoms with van der Waals surface area (Å²) in [5.41, 5.74) is 3.86. The van der Waals surface area contributed by atoms with Gasteiger partial charge in [0.05, 0.1) is 0 Å². The van der Waals surface area contributed by atoms with E-state index in [4.69, 9.17) is 0 Å². The minimum Gasteiger partial charge on any atom is -0.361 e. The normalized spacial score (nSPS) is 11.5. The summed E-state index contributed by atoms with van der Waals surface area (Å²) in [6.45, 7) is 1.85. The molecule has 0 spiro atoms. The van der Waals surface area contributed by atoms with E-state index in [1.54, 1.807) is 0 Å². The second-order valence-electron chi connectivity index (χ2n) is 6.53. The van der Waals surface area contributed by atoms with Gasteiger partial charge in [-0.05, 0) is 40.4 Å². The van der Waals surface area contributed by atoms with Crippen molar-refractivity contribution in [3.63, 3.8) is 0 Å². The van der Waals surface area contributed by atoms with Crippen LogP contribution in [-0.2, 0) is 6.54 Å². The van der Waals surface area contributed by atoms with Gasteiger partial charge in [-0.25, -0.2) is 0 Å². The van der Waals surface area contributed by atoms with Crippen molar-refractivity contribution in [3.8, 4) is 0 Å². The largest absolute Gasteiger partial charge is 0.361 e. The third kappa shape index (κ3) is 3.82. The molecule has 1 heterocycles. The molecule has 4 rings (SSSR count). The van der Waals surface area contributed by atoms with Crippen molar-refractivity contribution in [2.75, 3.05) is 13.6 Å². The Morgan fingerprint density at radius 1 is 0.885 bits per heavy atom. The van der Waals surface area contributed by atoms with Gasteiger partial charge in [0, 0.05) is 24.8 Å². The van der Waals surface area contributed by atoms with Gasteiger partial charge in [0.1, 0.15) is 0 Å². The first-order chi connectivity index (χ1) is 12.3. The predicted octanol–water partition coefficient (Wildman–Crippen LogP) is 5.89. The topological polar surface area (TPSA) is 19.0 Å². The van der Waals surface area contributed by atoms with Crippen LogP contribution < -0.4 is 0 Å². The Morgan fingerprint density at radius 2 is 1.65 bits per heavy atom. The van der Waals surface area contributed by atoms with Crippen molar-refractivity contribution in [2.45, 2.75) is 6.54 Å². The summed E-state index contributed by atoms with van der Waals surface area (Å²) in [5, 5.41) is 3.87. The maximum Gasteiger partial charge on any atom is 0.0499 e. The summed E-state index contributed by atoms with van der Waals surface area (Å²) in [7, 11) is 2.16. The molecule has 0 aliphatic carbocycles. The molecule has 26 heavy (non-hydrogen) atoms. The fourth-order valence-electron chi connectivity index (χ4n) is 3.39. The lowest BCUT2D eigenvalue weighted by Crippen LogP contribution is -2.17. The van der Waals surface area contributed by atoms with Crippen molar-refractivity contribution in [1.82, 2.24) is 9.88 Å². The summed E-state index contributed by atoms with van der Waals surface area (Å²) in [6, 6.07) is 23.6. The molecule has 3 aromatic carbocycles. The number of nitrogens with one attached hydrogen (secondary N) is 1. The van der Waals surface area contributed by atoms with E-state index in [1.807, 2.05) is 6.20 Å². The molecule has 2 nitrogen and oxygen atoms in total. The molecule has 1 N–H and O–H groups in total. The Balaban J connectivity index is 0.00000196. The number of benzene rings is 3. The molecule has 3 heteroatoms. The zero-order valence-electron chi connectivity index (χ0n) is 14.9. The Hall–Kier alpha value is -2.55. The minimum absolute atomic E-state index is 0. The number of hydrogen-bond donors (Lipinski definition) is 1. The van der Waals surface area contributed by atoms with E-state index in [9.17, 15) is 0 Å². The summed E-state index contributed by atoms with van der Waals surface area (Å²) >= 11 is 0. The number of fused-ring (bicyclic) bond motifs is 2. The van der Waals surface area contributed by atoms with Crippen LogP contribution >= 0.6 is 12.4 Å². The first-order valence-corrected chi connectivity index (χ1v) is 8.69. The maximum absolute atomic E-state index is 3.35. The van der Waals surface area contributed by atoms with Crippen LogP contribution in [0.1, 0.15) is 11.1 Å². The van der Waals surface area contributed by atoms with Gasteiger partial charge >= 0.3 is 0 Å². The number of aromatic amines is 1. The van der Waals surface area contributed by atoms with Gasteiger partial charge in [-0.15, -0.1) is 12.4 Å². The van der Waals surface area contributed by atoms with Gasteiger partial charge in [-0.2, -0.15) is 0 Å². The molecular weight excluding hydrogens is 340 g/mol. The summed E-state index contributed by atoms with van der Waals surface area (Å²) in [6.07, 6.45) is 6.49. The van der Waals surface area contributed by atoms with E-state index < -0.39 is 0 Å². The lowest BCUT2D eigenvalue weighted by molar-refractivity contribution is 0.365. The Labute approximate surface area is 160 Å². The van der Waals surface area contributed by atoms with Crippen molar-refractivity contribution in [3.05, 3.63) is 90.1 Å². The molecule has 0 fully saturated rings. The second kappa shape index (κ2) is 8.22. The van der Waals surface area contributed by atoms with Crippen molar-refractivity contribution < 1.29 is 0 Å². The molecule has 0 amide bonds. The fraction of sp³-hybridized carbons (Fsp3) is 0.130. The van der Waals surface area contributed by atoms with Crippen LogP contribution in [0.25, 0.3) is 27.8 Å². The highest BCUT2D eigenvalue weighted by molar-refractivity contribution is 5.90. The fourth-order valence-corrected chi connectivity index (χ4v) is 3.39. The number of nitrogens with zero attached hydrogens (tertiary/aromatic N) is 1. The molecule has 0 saturated carbocycles. The average molecular weight is 363 g/mol. The highest BCUT2D eigenvalue weighted by Gasteiger charge is 2.04. The summed E-state index contributed by atoms with van der Waals surface area (Å²) < 4.78 is 0. The van der Waals surface area contributed by atoms with Crippen LogP contribution in [-0.4, -0.2) is 23.5 Å². The zero-order valence-corrected chi connectivity index (χ0v) is 15.7. The number of rotatable bonds is 5. The van der Waals surface area contributed by atoms with Gasteiger partial charge in [0.2, 0.25) is 0 Å². The number of hydrogen-bond acceptors (Lipinski definition) is 1. The highest BCUT2D eigenvalue weighted by Crippen LogP contribution is 2.20. The molecule has 0 atom stereocenters. The molecule has 0 aliphatic heterocycles. The Kier molecular flexibility index (Phi) is 5.77. The monoisotopic (exact) mass is 362 g/mol. The van der Waals surface area contributed by atoms with Gasteiger partial charge in [0.15, 0.2) is 0 Å². The van der Waals surface area contributed by atoms with E-state index in [2.05, 4.69) is 95.8 Å². The van der Waals surface area contributed by atoms with E-state index in [0.29, 0.717) is 0 Å². The SMILES string of the molecule is CN(C/C=C/c1cccc2ccccc12)Cc1cccc2cc[nH]c12.Cl. The molecular formula is C23H23ClN2. The number of aromatic nitrogens is 1. The van der Waals surface area contributed by atoms with Crippen LogP contribution in [0, 0.1) is 0 Å². The third-order valence-electron chi connectivity index (χ3n) is 4.65. The molecule has 132 valence electrons. The minimum atomic E-state index is 0. The van der Waals surface area contributed by atoms with E-state index >= 15 is 0 Å². The van der Waals surface area contributed by atoms with Crippen LogP contribution in [0.3, 0.4) is 0 Å². The molecule has 0 saturated heterocycles. The highest BCUT2D eigenvalue weighted by atomic mass is 35.5. The molecule has 0 radical (unpaired) electrons. The first kappa shape index (κ1) is 18.2. The number of H-pyrrole nitrogens is 1. The van der Waals surface area contributed by atoms with Crippen LogP contribution in [0.2, 0.25) is 0 Å². The average Bonchev–Trinajstić information content (AvgIpc) is 3.12. The summed E-state index contributed by atoms with van der Waals surface area (Å²) in [5.74, 6) is 0. The van der Waals surface area contributed by atoms with Gasteiger partial charge in [0.25, 0.3) is 0 Å². The quantitative estimate of drug-likeness (QED) is 0.469. The Bertz CT molecular complexity index is 1030. The number of para-hydroxylation sites is 1. The number of halogens is 1. The van der Waals surface area contributed by atoms with E-state index in [0.717, 1.165) is 13.1 Å². The predicted molar refractivity (Wildman–Crippen MR) is 115 cm³/mol. The second-order valence-corrected chi connectivity index (χ2v) is 6.53. The lowest BCUT2D eigenvalue weighted by Gasteiger charge is -2.15. The first-order valence-electron chi connectivity index (χ1n) is 8.69. The van der Waals surface area contributed by atoms with Gasteiger partial charge in [-0.3, -0.25) is 4.90 Å². The van der Waals surface area contributed by atoms with Crippen LogP contribution in [0.15, 0.2) is 79.0 Å². The van der Waals surface area contributed by atoms with Crippen molar-refractivity contribution >= 4 is 40.2 Å². The van der Waals surface area contributed by atoms with E-state index in [1.165, 1.54) is 32.8 Å². The maximum atomic E-state index is 3.35. The number of likely N-dealkylation sites (N-methyl/N-ethyl adjacent to an activating group) is 1. The smallest absolute Gasteiger partial charge is 0.0499 e. The van der Waals surface area contributed by atoms with Crippen LogP contribution in [0.4, 0.5) is 0 Å². The molecule has 0 unspecified atom stereocenters. The standard InChI is InChI=1S/C23H22N2.ClH/c1-25(17-21-11-5-10-20-14-15-24-23(20)21)16-6-12-19-9-4-8-18-7-2-3-13-22(18)19;/h2-15,24H,16-17H2,1H3;1H/b12-6+;. The molecule has 1 aromatic heterocycles. The molecule has 0 aliphatic rings. The molecule has 4 aromatic rings. The third-order valence-corrected chi connectivity index (χ3v) is 4.65. The summed E-state index contributed by atoms with van der Waals surface area (Å²) in [4.78, 5) is 5.68. The van der Waals surface area contributed by atoms with Crippen molar-refractivity contribution in [2.24, 2.45) is 0 Å². The lowest BCUT2D eigenvalue weighted by atomic mass is 10.0. The van der Waals surface area contributed by atoms with Crippen molar-refractivity contribution in [1.29, 1.82) is 0 Å².